The first-order chi connectivity index (χ1) is 9.74. The summed E-state index contributed by atoms with van der Waals surface area (Å²) < 4.78 is 12.2. The molecule has 0 bridgehead atoms. The van der Waals surface area contributed by atoms with E-state index in [0.717, 1.165) is 27.4 Å². The Kier molecular flexibility index (Phi) is 3.93. The molecule has 2 heterocycles. The summed E-state index contributed by atoms with van der Waals surface area (Å²) >= 11 is 3.60. The Morgan fingerprint density at radius 3 is 2.80 bits per heavy atom. The average Bonchev–Trinajstić information content (AvgIpc) is 2.97. The molecule has 0 fully saturated rings. The van der Waals surface area contributed by atoms with Gasteiger partial charge in [0.05, 0.1) is 6.54 Å². The van der Waals surface area contributed by atoms with E-state index in [0.29, 0.717) is 19.8 Å². The van der Waals surface area contributed by atoms with E-state index in [-0.39, 0.29) is 6.04 Å². The number of hydrogen-bond acceptors (Lipinski definition) is 4. The maximum Gasteiger partial charge on any atom is 0.162 e. The second kappa shape index (κ2) is 5.85. The van der Waals surface area contributed by atoms with Crippen LogP contribution in [-0.4, -0.2) is 23.2 Å². The van der Waals surface area contributed by atoms with Crippen LogP contribution in [0.1, 0.15) is 24.4 Å². The van der Waals surface area contributed by atoms with Crippen LogP contribution < -0.4 is 14.8 Å². The van der Waals surface area contributed by atoms with Crippen LogP contribution in [0.2, 0.25) is 0 Å². The molecule has 2 aromatic rings. The Balaban J connectivity index is 1.75. The summed E-state index contributed by atoms with van der Waals surface area (Å²) in [4.78, 5) is 7.28. The van der Waals surface area contributed by atoms with Crippen molar-refractivity contribution < 1.29 is 9.47 Å². The van der Waals surface area contributed by atoms with Gasteiger partial charge in [0, 0.05) is 22.9 Å². The van der Waals surface area contributed by atoms with Crippen molar-refractivity contribution in [2.75, 3.05) is 13.2 Å². The van der Waals surface area contributed by atoms with Crippen LogP contribution in [0.4, 0.5) is 0 Å². The number of benzene rings is 1. The van der Waals surface area contributed by atoms with Crippen molar-refractivity contribution in [1.82, 2.24) is 15.3 Å². The number of aromatic amines is 1. The number of halogens is 1. The zero-order valence-corrected chi connectivity index (χ0v) is 12.7. The number of aromatic nitrogens is 2. The van der Waals surface area contributed by atoms with Crippen molar-refractivity contribution in [3.63, 3.8) is 0 Å². The van der Waals surface area contributed by atoms with Gasteiger partial charge in [-0.2, -0.15) is 0 Å². The third-order valence-corrected chi connectivity index (χ3v) is 3.95. The van der Waals surface area contributed by atoms with E-state index in [9.17, 15) is 0 Å². The number of hydrogen-bond donors (Lipinski definition) is 2. The highest BCUT2D eigenvalue weighted by Crippen LogP contribution is 2.37. The second-order valence-electron chi connectivity index (χ2n) is 4.66. The van der Waals surface area contributed by atoms with Gasteiger partial charge in [-0.15, -0.1) is 0 Å². The summed E-state index contributed by atoms with van der Waals surface area (Å²) in [5, 5.41) is 3.43. The fraction of sp³-hybridized carbons (Fsp3) is 0.357. The third kappa shape index (κ3) is 2.81. The molecule has 1 atom stereocenters. The molecule has 0 saturated heterocycles. The van der Waals surface area contributed by atoms with Crippen LogP contribution in [0.25, 0.3) is 0 Å². The maximum atomic E-state index is 5.63. The van der Waals surface area contributed by atoms with Gasteiger partial charge in [0.2, 0.25) is 0 Å². The number of nitrogens with zero attached hydrogens (tertiary/aromatic N) is 1. The Morgan fingerprint density at radius 1 is 1.35 bits per heavy atom. The first-order valence-corrected chi connectivity index (χ1v) is 7.34. The molecular weight excluding hydrogens is 322 g/mol. The summed E-state index contributed by atoms with van der Waals surface area (Å²) in [6.07, 6.45) is 3.57. The predicted octanol–water partition coefficient (Wildman–Crippen LogP) is 2.79. The molecule has 1 unspecified atom stereocenters. The molecule has 1 aliphatic heterocycles. The minimum atomic E-state index is 0.172. The zero-order valence-electron chi connectivity index (χ0n) is 11.1. The van der Waals surface area contributed by atoms with Crippen molar-refractivity contribution in [1.29, 1.82) is 0 Å². The normalized spacial score (nSPS) is 15.1. The average molecular weight is 338 g/mol. The highest BCUT2D eigenvalue weighted by molar-refractivity contribution is 9.10. The van der Waals surface area contributed by atoms with Crippen LogP contribution in [0.3, 0.4) is 0 Å². The SMILES string of the molecule is CC(NCc1ncc[nH]1)c1cc2c(cc1Br)OCCO2. The lowest BCUT2D eigenvalue weighted by molar-refractivity contribution is 0.171. The van der Waals surface area contributed by atoms with Gasteiger partial charge in [0.1, 0.15) is 19.0 Å². The molecule has 0 aliphatic carbocycles. The van der Waals surface area contributed by atoms with Crippen LogP contribution >= 0.6 is 15.9 Å². The van der Waals surface area contributed by atoms with Crippen molar-refractivity contribution in [3.05, 3.63) is 40.4 Å². The Labute approximate surface area is 125 Å². The molecule has 0 saturated carbocycles. The Hall–Kier alpha value is -1.53. The molecule has 3 rings (SSSR count). The molecule has 1 aliphatic rings. The lowest BCUT2D eigenvalue weighted by atomic mass is 10.1. The van der Waals surface area contributed by atoms with Crippen molar-refractivity contribution in [2.24, 2.45) is 0 Å². The van der Waals surface area contributed by atoms with Crippen molar-refractivity contribution >= 4 is 15.9 Å². The zero-order chi connectivity index (χ0) is 13.9. The quantitative estimate of drug-likeness (QED) is 0.900. The molecular formula is C14H16BrN3O2. The van der Waals surface area contributed by atoms with E-state index in [1.54, 1.807) is 6.20 Å². The first-order valence-electron chi connectivity index (χ1n) is 6.54. The topological polar surface area (TPSA) is 59.2 Å². The van der Waals surface area contributed by atoms with Crippen LogP contribution in [0.5, 0.6) is 11.5 Å². The molecule has 0 radical (unpaired) electrons. The van der Waals surface area contributed by atoms with Gasteiger partial charge in [-0.05, 0) is 24.6 Å². The highest BCUT2D eigenvalue weighted by Gasteiger charge is 2.17. The second-order valence-corrected chi connectivity index (χ2v) is 5.51. The molecule has 106 valence electrons. The van der Waals surface area contributed by atoms with Crippen LogP contribution in [0, 0.1) is 0 Å². The minimum Gasteiger partial charge on any atom is -0.486 e. The fourth-order valence-corrected chi connectivity index (χ4v) is 2.83. The molecule has 2 N–H and O–H groups in total. The molecule has 1 aromatic heterocycles. The number of ether oxygens (including phenoxy) is 2. The molecule has 0 amide bonds. The maximum absolute atomic E-state index is 5.63. The van der Waals surface area contributed by atoms with Gasteiger partial charge in [0.15, 0.2) is 11.5 Å². The number of nitrogens with one attached hydrogen (secondary N) is 2. The predicted molar refractivity (Wildman–Crippen MR) is 79.0 cm³/mol. The summed E-state index contributed by atoms with van der Waals surface area (Å²) in [5.74, 6) is 2.52. The number of imidazole rings is 1. The van der Waals surface area contributed by atoms with E-state index in [4.69, 9.17) is 9.47 Å². The van der Waals surface area contributed by atoms with E-state index in [2.05, 4.69) is 38.1 Å². The standard InChI is InChI=1S/C14H16BrN3O2/c1-9(18-8-14-16-2-3-17-14)10-6-12-13(7-11(10)15)20-5-4-19-12/h2-3,6-7,9,18H,4-5,8H2,1H3,(H,16,17). The summed E-state index contributed by atoms with van der Waals surface area (Å²) in [6.45, 7) is 4.00. The first kappa shape index (κ1) is 13.5. The number of H-pyrrole nitrogens is 1. The smallest absolute Gasteiger partial charge is 0.162 e. The lowest BCUT2D eigenvalue weighted by Crippen LogP contribution is -2.20. The molecule has 5 nitrogen and oxygen atoms in total. The monoisotopic (exact) mass is 337 g/mol. The third-order valence-electron chi connectivity index (χ3n) is 3.26. The molecule has 6 heteroatoms. The molecule has 20 heavy (non-hydrogen) atoms. The van der Waals surface area contributed by atoms with Gasteiger partial charge in [-0.25, -0.2) is 4.98 Å². The minimum absolute atomic E-state index is 0.172. The van der Waals surface area contributed by atoms with E-state index in [1.165, 1.54) is 0 Å². The fourth-order valence-electron chi connectivity index (χ4n) is 2.17. The van der Waals surface area contributed by atoms with Gasteiger partial charge >= 0.3 is 0 Å². The number of fused-ring (bicyclic) bond motifs is 1. The summed E-state index contributed by atoms with van der Waals surface area (Å²) in [7, 11) is 0. The van der Waals surface area contributed by atoms with E-state index >= 15 is 0 Å². The molecule has 0 spiro atoms. The molecule has 1 aromatic carbocycles. The van der Waals surface area contributed by atoms with Crippen molar-refractivity contribution in [2.45, 2.75) is 19.5 Å². The van der Waals surface area contributed by atoms with E-state index in [1.807, 2.05) is 18.3 Å². The lowest BCUT2D eigenvalue weighted by Gasteiger charge is -2.22. The van der Waals surface area contributed by atoms with Gasteiger partial charge in [0.25, 0.3) is 0 Å². The van der Waals surface area contributed by atoms with Gasteiger partial charge < -0.3 is 19.8 Å². The highest BCUT2D eigenvalue weighted by atomic mass is 79.9. The van der Waals surface area contributed by atoms with E-state index < -0.39 is 0 Å². The summed E-state index contributed by atoms with van der Waals surface area (Å²) in [6, 6.07) is 4.16. The Morgan fingerprint density at radius 2 is 2.10 bits per heavy atom. The Bertz CT molecular complexity index is 586. The largest absolute Gasteiger partial charge is 0.486 e. The summed E-state index contributed by atoms with van der Waals surface area (Å²) in [5.41, 5.74) is 1.14. The number of rotatable bonds is 4. The van der Waals surface area contributed by atoms with Crippen LogP contribution in [0.15, 0.2) is 29.0 Å². The van der Waals surface area contributed by atoms with Crippen LogP contribution in [-0.2, 0) is 6.54 Å². The van der Waals surface area contributed by atoms with Crippen molar-refractivity contribution in [3.8, 4) is 11.5 Å². The van der Waals surface area contributed by atoms with Gasteiger partial charge in [-0.1, -0.05) is 15.9 Å². The van der Waals surface area contributed by atoms with Gasteiger partial charge in [-0.3, -0.25) is 0 Å².